The molecule has 0 aliphatic carbocycles. The van der Waals surface area contributed by atoms with Gasteiger partial charge in [-0.1, -0.05) is 0 Å². The zero-order chi connectivity index (χ0) is 13.5. The van der Waals surface area contributed by atoms with Gasteiger partial charge in [0.05, 0.1) is 18.4 Å². The lowest BCUT2D eigenvalue weighted by atomic mass is 10.2. The molecule has 0 aliphatic rings. The minimum atomic E-state index is -0.609. The summed E-state index contributed by atoms with van der Waals surface area (Å²) in [5, 5.41) is 2.38. The zero-order valence-electron chi connectivity index (χ0n) is 9.83. The Morgan fingerprint density at radius 2 is 2.17 bits per heavy atom. The van der Waals surface area contributed by atoms with E-state index in [4.69, 9.17) is 11.6 Å². The molecule has 18 heavy (non-hydrogen) atoms. The minimum absolute atomic E-state index is 0.0440. The Bertz CT molecular complexity index is 451. The first-order valence-electron chi connectivity index (χ1n) is 5.32. The first-order valence-corrected chi connectivity index (χ1v) is 5.85. The third-order valence-electron chi connectivity index (χ3n) is 2.20. The Hall–Kier alpha value is -1.62. The second-order valence-electron chi connectivity index (χ2n) is 3.53. The third kappa shape index (κ3) is 4.00. The number of amides is 1. The van der Waals surface area contributed by atoms with Crippen molar-refractivity contribution in [2.24, 2.45) is 0 Å². The van der Waals surface area contributed by atoms with Crippen LogP contribution in [0.3, 0.4) is 0 Å². The lowest BCUT2D eigenvalue weighted by Gasteiger charge is -2.07. The maximum absolute atomic E-state index is 13.4. The summed E-state index contributed by atoms with van der Waals surface area (Å²) in [5.41, 5.74) is 0.129. The Morgan fingerprint density at radius 3 is 2.78 bits per heavy atom. The molecular formula is C12H13ClFNO3. The van der Waals surface area contributed by atoms with E-state index in [0.717, 1.165) is 6.07 Å². The van der Waals surface area contributed by atoms with Crippen LogP contribution in [0.25, 0.3) is 0 Å². The van der Waals surface area contributed by atoms with Crippen LogP contribution < -0.4 is 5.32 Å². The van der Waals surface area contributed by atoms with Gasteiger partial charge in [-0.15, -0.1) is 11.6 Å². The number of anilines is 1. The van der Waals surface area contributed by atoms with Gasteiger partial charge in [0.2, 0.25) is 5.91 Å². The first kappa shape index (κ1) is 14.4. The van der Waals surface area contributed by atoms with Crippen molar-refractivity contribution in [3.05, 3.63) is 29.6 Å². The quantitative estimate of drug-likeness (QED) is 0.663. The second-order valence-corrected chi connectivity index (χ2v) is 3.90. The molecule has 1 aromatic carbocycles. The van der Waals surface area contributed by atoms with Gasteiger partial charge in [0, 0.05) is 12.3 Å². The normalized spacial score (nSPS) is 9.94. The van der Waals surface area contributed by atoms with E-state index < -0.39 is 11.8 Å². The molecule has 0 unspecified atom stereocenters. The van der Waals surface area contributed by atoms with Crippen LogP contribution in [0.2, 0.25) is 0 Å². The van der Waals surface area contributed by atoms with E-state index >= 15 is 0 Å². The summed E-state index contributed by atoms with van der Waals surface area (Å²) in [7, 11) is 1.23. The minimum Gasteiger partial charge on any atom is -0.465 e. The number of rotatable bonds is 5. The summed E-state index contributed by atoms with van der Waals surface area (Å²) in [5.74, 6) is -1.19. The summed E-state index contributed by atoms with van der Waals surface area (Å²) in [4.78, 5) is 22.7. The molecular weight excluding hydrogens is 261 g/mol. The zero-order valence-corrected chi connectivity index (χ0v) is 10.6. The number of halogens is 2. The van der Waals surface area contributed by atoms with Crippen molar-refractivity contribution in [2.45, 2.75) is 12.8 Å². The molecule has 0 radical (unpaired) electrons. The van der Waals surface area contributed by atoms with Crippen molar-refractivity contribution in [3.8, 4) is 0 Å². The molecule has 0 aromatic heterocycles. The summed E-state index contributed by atoms with van der Waals surface area (Å²) in [6.45, 7) is 0. The maximum Gasteiger partial charge on any atom is 0.337 e. The number of benzene rings is 1. The lowest BCUT2D eigenvalue weighted by molar-refractivity contribution is -0.116. The Labute approximate surface area is 109 Å². The van der Waals surface area contributed by atoms with E-state index in [2.05, 4.69) is 10.1 Å². The fourth-order valence-electron chi connectivity index (χ4n) is 1.31. The van der Waals surface area contributed by atoms with Crippen LogP contribution in [0.5, 0.6) is 0 Å². The number of alkyl halides is 1. The maximum atomic E-state index is 13.4. The van der Waals surface area contributed by atoms with Gasteiger partial charge in [0.15, 0.2) is 0 Å². The molecule has 0 bridgehead atoms. The van der Waals surface area contributed by atoms with E-state index in [1.165, 1.54) is 19.2 Å². The molecule has 6 heteroatoms. The van der Waals surface area contributed by atoms with Gasteiger partial charge in [0.1, 0.15) is 5.82 Å². The molecule has 1 rings (SSSR count). The number of methoxy groups -OCH3 is 1. The molecule has 0 saturated carbocycles. The molecule has 0 saturated heterocycles. The molecule has 0 spiro atoms. The highest BCUT2D eigenvalue weighted by Crippen LogP contribution is 2.17. The smallest absolute Gasteiger partial charge is 0.337 e. The number of carbonyl (C=O) groups is 2. The predicted octanol–water partition coefficient (Wildman–Crippen LogP) is 2.57. The number of esters is 1. The standard InChI is InChI=1S/C12H13ClFNO3/c1-18-12(17)8-4-5-9(14)10(7-8)15-11(16)3-2-6-13/h4-5,7H,2-3,6H2,1H3,(H,15,16). The van der Waals surface area contributed by atoms with Crippen LogP contribution in [0.1, 0.15) is 23.2 Å². The highest BCUT2D eigenvalue weighted by molar-refractivity contribution is 6.18. The molecule has 0 aliphatic heterocycles. The number of ether oxygens (including phenoxy) is 1. The SMILES string of the molecule is COC(=O)c1ccc(F)c(NC(=O)CCCCl)c1. The van der Waals surface area contributed by atoms with Crippen molar-refractivity contribution >= 4 is 29.2 Å². The highest BCUT2D eigenvalue weighted by atomic mass is 35.5. The fraction of sp³-hybridized carbons (Fsp3) is 0.333. The van der Waals surface area contributed by atoms with Crippen LogP contribution in [0.4, 0.5) is 10.1 Å². The number of carbonyl (C=O) groups excluding carboxylic acids is 2. The first-order chi connectivity index (χ1) is 8.58. The van der Waals surface area contributed by atoms with Crippen molar-refractivity contribution in [3.63, 3.8) is 0 Å². The monoisotopic (exact) mass is 273 g/mol. The average Bonchev–Trinajstić information content (AvgIpc) is 2.38. The molecule has 1 amide bonds. The molecule has 0 fully saturated rings. The summed E-state index contributed by atoms with van der Waals surface area (Å²) >= 11 is 5.45. The Balaban J connectivity index is 2.81. The third-order valence-corrected chi connectivity index (χ3v) is 2.47. The van der Waals surface area contributed by atoms with Gasteiger partial charge in [-0.05, 0) is 24.6 Å². The van der Waals surface area contributed by atoms with Crippen molar-refractivity contribution in [2.75, 3.05) is 18.3 Å². The van der Waals surface area contributed by atoms with Crippen molar-refractivity contribution < 1.29 is 18.7 Å². The van der Waals surface area contributed by atoms with E-state index in [-0.39, 0.29) is 23.6 Å². The van der Waals surface area contributed by atoms with E-state index in [0.29, 0.717) is 12.3 Å². The van der Waals surface area contributed by atoms with Gasteiger partial charge >= 0.3 is 5.97 Å². The van der Waals surface area contributed by atoms with Crippen LogP contribution in [0.15, 0.2) is 18.2 Å². The Kier molecular flexibility index (Phi) is 5.58. The lowest BCUT2D eigenvalue weighted by Crippen LogP contribution is -2.13. The van der Waals surface area contributed by atoms with Gasteiger partial charge in [-0.2, -0.15) is 0 Å². The average molecular weight is 274 g/mol. The fourth-order valence-corrected chi connectivity index (χ4v) is 1.44. The van der Waals surface area contributed by atoms with Crippen molar-refractivity contribution in [1.82, 2.24) is 0 Å². The highest BCUT2D eigenvalue weighted by Gasteiger charge is 2.11. The van der Waals surface area contributed by atoms with Gasteiger partial charge in [-0.3, -0.25) is 4.79 Å². The van der Waals surface area contributed by atoms with Crippen molar-refractivity contribution in [1.29, 1.82) is 0 Å². The van der Waals surface area contributed by atoms with Gasteiger partial charge < -0.3 is 10.1 Å². The topological polar surface area (TPSA) is 55.4 Å². The second kappa shape index (κ2) is 6.96. The van der Waals surface area contributed by atoms with Gasteiger partial charge in [-0.25, -0.2) is 9.18 Å². The van der Waals surface area contributed by atoms with Crippen LogP contribution in [0, 0.1) is 5.82 Å². The number of hydrogen-bond donors (Lipinski definition) is 1. The van der Waals surface area contributed by atoms with Gasteiger partial charge in [0.25, 0.3) is 0 Å². The summed E-state index contributed by atoms with van der Waals surface area (Å²) < 4.78 is 17.9. The molecule has 98 valence electrons. The summed E-state index contributed by atoms with van der Waals surface area (Å²) in [6.07, 6.45) is 0.705. The molecule has 0 atom stereocenters. The summed E-state index contributed by atoms with van der Waals surface area (Å²) in [6, 6.07) is 3.62. The van der Waals surface area contributed by atoms with Crippen LogP contribution in [-0.4, -0.2) is 24.9 Å². The van der Waals surface area contributed by atoms with E-state index in [1.807, 2.05) is 0 Å². The largest absolute Gasteiger partial charge is 0.465 e. The molecule has 4 nitrogen and oxygen atoms in total. The molecule has 0 heterocycles. The predicted molar refractivity (Wildman–Crippen MR) is 66.3 cm³/mol. The molecule has 1 N–H and O–H groups in total. The molecule has 1 aromatic rings. The number of nitrogens with one attached hydrogen (secondary N) is 1. The van der Waals surface area contributed by atoms with Crippen LogP contribution in [-0.2, 0) is 9.53 Å². The van der Waals surface area contributed by atoms with Crippen LogP contribution >= 0.6 is 11.6 Å². The van der Waals surface area contributed by atoms with E-state index in [9.17, 15) is 14.0 Å². The number of hydrogen-bond acceptors (Lipinski definition) is 3. The van der Waals surface area contributed by atoms with E-state index in [1.54, 1.807) is 0 Å². The Morgan fingerprint density at radius 1 is 1.44 bits per heavy atom.